The Hall–Kier alpha value is -2.41. The third kappa shape index (κ3) is 5.40. The fourth-order valence-corrected chi connectivity index (χ4v) is 5.98. The van der Waals surface area contributed by atoms with Gasteiger partial charge in [-0.3, -0.25) is 19.7 Å². The van der Waals surface area contributed by atoms with E-state index in [-0.39, 0.29) is 12.3 Å². The number of rotatable bonds is 7. The predicted molar refractivity (Wildman–Crippen MR) is 130 cm³/mol. The molecule has 1 aromatic rings. The van der Waals surface area contributed by atoms with Crippen molar-refractivity contribution < 1.29 is 14.4 Å². The Morgan fingerprint density at radius 2 is 1.76 bits per heavy atom. The van der Waals surface area contributed by atoms with Crippen molar-refractivity contribution in [1.29, 1.82) is 0 Å². The van der Waals surface area contributed by atoms with Gasteiger partial charge in [-0.2, -0.15) is 0 Å². The number of para-hydroxylation sites is 1. The summed E-state index contributed by atoms with van der Waals surface area (Å²) in [7, 11) is 3.99. The molecule has 1 saturated carbocycles. The van der Waals surface area contributed by atoms with Gasteiger partial charge in [0.25, 0.3) is 0 Å². The van der Waals surface area contributed by atoms with E-state index in [0.29, 0.717) is 12.3 Å². The third-order valence-electron chi connectivity index (χ3n) is 7.70. The summed E-state index contributed by atoms with van der Waals surface area (Å²) in [5, 5.41) is 2.38. The molecular formula is C26H38N4O3. The van der Waals surface area contributed by atoms with E-state index >= 15 is 0 Å². The molecule has 2 heterocycles. The molecule has 4 rings (SSSR count). The number of hydrogen-bond acceptors (Lipinski definition) is 5. The van der Waals surface area contributed by atoms with Crippen LogP contribution in [0.15, 0.2) is 18.2 Å². The summed E-state index contributed by atoms with van der Waals surface area (Å²) in [6.45, 7) is 3.47. The minimum absolute atomic E-state index is 0.247. The number of carbonyl (C=O) groups excluding carboxylic acids is 3. The van der Waals surface area contributed by atoms with Gasteiger partial charge in [0, 0.05) is 27.1 Å². The molecule has 33 heavy (non-hydrogen) atoms. The Labute approximate surface area is 197 Å². The van der Waals surface area contributed by atoms with Gasteiger partial charge in [0.2, 0.25) is 18.2 Å². The van der Waals surface area contributed by atoms with Crippen molar-refractivity contribution in [3.63, 3.8) is 0 Å². The van der Waals surface area contributed by atoms with E-state index in [4.69, 9.17) is 0 Å². The molecule has 3 fully saturated rings. The van der Waals surface area contributed by atoms with E-state index in [2.05, 4.69) is 21.2 Å². The number of benzene rings is 1. The third-order valence-corrected chi connectivity index (χ3v) is 7.70. The van der Waals surface area contributed by atoms with Crippen LogP contribution in [0.5, 0.6) is 0 Å². The summed E-state index contributed by atoms with van der Waals surface area (Å²) >= 11 is 0. The lowest BCUT2D eigenvalue weighted by Gasteiger charge is -2.38. The van der Waals surface area contributed by atoms with Crippen LogP contribution in [0.4, 0.5) is 11.4 Å². The summed E-state index contributed by atoms with van der Waals surface area (Å²) in [5.41, 5.74) is 2.99. The Balaban J connectivity index is 1.51. The Bertz CT molecular complexity index is 857. The molecule has 2 aliphatic heterocycles. The van der Waals surface area contributed by atoms with Crippen molar-refractivity contribution in [2.75, 3.05) is 43.5 Å². The van der Waals surface area contributed by atoms with Crippen molar-refractivity contribution in [3.05, 3.63) is 23.8 Å². The maximum absolute atomic E-state index is 12.5. The zero-order chi connectivity index (χ0) is 23.4. The normalized spacial score (nSPS) is 23.3. The summed E-state index contributed by atoms with van der Waals surface area (Å²) in [6, 6.07) is 5.42. The summed E-state index contributed by atoms with van der Waals surface area (Å²) < 4.78 is 0. The van der Waals surface area contributed by atoms with E-state index in [1.807, 2.05) is 26.2 Å². The van der Waals surface area contributed by atoms with Crippen LogP contribution in [0.2, 0.25) is 0 Å². The van der Waals surface area contributed by atoms with E-state index in [1.165, 1.54) is 49.1 Å². The number of amides is 3. The second kappa shape index (κ2) is 10.7. The van der Waals surface area contributed by atoms with Crippen LogP contribution in [-0.4, -0.2) is 62.9 Å². The Morgan fingerprint density at radius 3 is 2.39 bits per heavy atom. The van der Waals surface area contributed by atoms with Gasteiger partial charge in [-0.05, 0) is 68.7 Å². The number of likely N-dealkylation sites (tertiary alicyclic amines) is 1. The maximum atomic E-state index is 12.5. The van der Waals surface area contributed by atoms with Gasteiger partial charge in [-0.1, -0.05) is 31.4 Å². The Morgan fingerprint density at radius 1 is 1.03 bits per heavy atom. The molecule has 1 aliphatic carbocycles. The standard InChI is InChI=1S/C26H38N4O3/c1-28(2)25-21(20-13-15-29(16-14-20)17-19-7-4-3-5-8-19)9-6-10-22(25)30(18-31)23-11-12-24(32)27-26(23)33/h6,9-10,18-20,23H,3-5,7-8,11-17H2,1-2H3,(H,27,32,33). The molecule has 180 valence electrons. The molecule has 7 nitrogen and oxygen atoms in total. The van der Waals surface area contributed by atoms with E-state index in [1.54, 1.807) is 0 Å². The molecule has 0 radical (unpaired) electrons. The predicted octanol–water partition coefficient (Wildman–Crippen LogP) is 3.28. The van der Waals surface area contributed by atoms with Crippen molar-refractivity contribution in [2.24, 2.45) is 5.92 Å². The quantitative estimate of drug-likeness (QED) is 0.506. The molecule has 0 aromatic heterocycles. The van der Waals surface area contributed by atoms with E-state index in [9.17, 15) is 14.4 Å². The van der Waals surface area contributed by atoms with Crippen LogP contribution >= 0.6 is 0 Å². The number of hydrogen-bond donors (Lipinski definition) is 1. The van der Waals surface area contributed by atoms with Gasteiger partial charge in [-0.15, -0.1) is 0 Å². The molecule has 1 atom stereocenters. The molecule has 7 heteroatoms. The second-order valence-electron chi connectivity index (χ2n) is 10.2. The van der Waals surface area contributed by atoms with Gasteiger partial charge in [0.05, 0.1) is 11.4 Å². The van der Waals surface area contributed by atoms with Crippen molar-refractivity contribution in [3.8, 4) is 0 Å². The summed E-state index contributed by atoms with van der Waals surface area (Å²) in [6.07, 6.45) is 10.5. The Kier molecular flexibility index (Phi) is 7.68. The van der Waals surface area contributed by atoms with Gasteiger partial charge in [0.1, 0.15) is 6.04 Å². The molecule has 0 spiro atoms. The van der Waals surface area contributed by atoms with E-state index < -0.39 is 11.9 Å². The number of imide groups is 1. The minimum atomic E-state index is -0.661. The number of carbonyl (C=O) groups is 3. The molecule has 0 bridgehead atoms. The van der Waals surface area contributed by atoms with Crippen LogP contribution in [0.25, 0.3) is 0 Å². The fraction of sp³-hybridized carbons (Fsp3) is 0.654. The van der Waals surface area contributed by atoms with Crippen LogP contribution in [0.3, 0.4) is 0 Å². The topological polar surface area (TPSA) is 73.0 Å². The molecular weight excluding hydrogens is 416 g/mol. The molecule has 1 aromatic carbocycles. The highest BCUT2D eigenvalue weighted by Gasteiger charge is 2.34. The van der Waals surface area contributed by atoms with Crippen molar-refractivity contribution >= 4 is 29.6 Å². The lowest BCUT2D eigenvalue weighted by Crippen LogP contribution is -2.52. The first-order chi connectivity index (χ1) is 16.0. The maximum Gasteiger partial charge on any atom is 0.249 e. The average Bonchev–Trinajstić information content (AvgIpc) is 2.82. The first kappa shape index (κ1) is 23.7. The smallest absolute Gasteiger partial charge is 0.249 e. The largest absolute Gasteiger partial charge is 0.376 e. The second-order valence-corrected chi connectivity index (χ2v) is 10.2. The zero-order valence-electron chi connectivity index (χ0n) is 20.1. The first-order valence-corrected chi connectivity index (χ1v) is 12.6. The first-order valence-electron chi connectivity index (χ1n) is 12.6. The van der Waals surface area contributed by atoms with Crippen LogP contribution in [0, 0.1) is 5.92 Å². The zero-order valence-corrected chi connectivity index (χ0v) is 20.1. The van der Waals surface area contributed by atoms with Gasteiger partial charge < -0.3 is 14.7 Å². The van der Waals surface area contributed by atoms with Gasteiger partial charge in [0.15, 0.2) is 0 Å². The number of nitrogens with zero attached hydrogens (tertiary/aromatic N) is 3. The molecule has 2 saturated heterocycles. The minimum Gasteiger partial charge on any atom is -0.376 e. The van der Waals surface area contributed by atoms with Crippen LogP contribution in [-0.2, 0) is 14.4 Å². The number of piperidine rings is 2. The van der Waals surface area contributed by atoms with Gasteiger partial charge in [-0.25, -0.2) is 0 Å². The highest BCUT2D eigenvalue weighted by Crippen LogP contribution is 2.41. The van der Waals surface area contributed by atoms with E-state index in [0.717, 1.165) is 49.6 Å². The lowest BCUT2D eigenvalue weighted by atomic mass is 9.85. The SMILES string of the molecule is CN(C)c1c(C2CCN(CC3CCCCC3)CC2)cccc1N(C=O)C1CCC(=O)NC1=O. The average molecular weight is 455 g/mol. The monoisotopic (exact) mass is 454 g/mol. The van der Waals surface area contributed by atoms with Gasteiger partial charge >= 0.3 is 0 Å². The fourth-order valence-electron chi connectivity index (χ4n) is 5.98. The highest BCUT2D eigenvalue weighted by atomic mass is 16.2. The number of anilines is 2. The molecule has 1 unspecified atom stereocenters. The van der Waals surface area contributed by atoms with Crippen molar-refractivity contribution in [1.82, 2.24) is 10.2 Å². The number of nitrogens with one attached hydrogen (secondary N) is 1. The molecule has 3 amide bonds. The van der Waals surface area contributed by atoms with Crippen molar-refractivity contribution in [2.45, 2.75) is 69.7 Å². The highest BCUT2D eigenvalue weighted by molar-refractivity contribution is 6.04. The lowest BCUT2D eigenvalue weighted by molar-refractivity contribution is -0.134. The summed E-state index contributed by atoms with van der Waals surface area (Å²) in [4.78, 5) is 42.5. The molecule has 3 aliphatic rings. The molecule has 1 N–H and O–H groups in total. The van der Waals surface area contributed by atoms with Crippen LogP contribution in [0.1, 0.15) is 69.3 Å². The summed E-state index contributed by atoms with van der Waals surface area (Å²) in [5.74, 6) is 0.624. The van der Waals surface area contributed by atoms with Crippen LogP contribution < -0.4 is 15.1 Å².